The third kappa shape index (κ3) is 7.05. The van der Waals surface area contributed by atoms with E-state index >= 15 is 0 Å². The maximum Gasteiger partial charge on any atom is 0.282 e. The summed E-state index contributed by atoms with van der Waals surface area (Å²) in [5, 5.41) is 5.47. The number of ether oxygens (including phenoxy) is 3. The van der Waals surface area contributed by atoms with Crippen LogP contribution in [0.4, 0.5) is 0 Å². The van der Waals surface area contributed by atoms with Crippen LogP contribution in [-0.4, -0.2) is 29.6 Å². The van der Waals surface area contributed by atoms with Crippen LogP contribution in [0.1, 0.15) is 48.9 Å². The molecule has 0 amide bonds. The topological polar surface area (TPSA) is 74.9 Å². The second kappa shape index (κ2) is 14.7. The van der Waals surface area contributed by atoms with Gasteiger partial charge in [0, 0.05) is 30.1 Å². The molecule has 0 fully saturated rings. The van der Waals surface area contributed by atoms with E-state index in [9.17, 15) is 4.79 Å². The predicted molar refractivity (Wildman–Crippen MR) is 196 cm³/mol. The van der Waals surface area contributed by atoms with Gasteiger partial charge in [0.15, 0.2) is 17.3 Å². The van der Waals surface area contributed by atoms with Gasteiger partial charge in [-0.25, -0.2) is 4.98 Å². The van der Waals surface area contributed by atoms with Gasteiger partial charge in [0.05, 0.1) is 30.8 Å². The molecular weight excluding hydrogens is 802 g/mol. The van der Waals surface area contributed by atoms with Crippen LogP contribution < -0.4 is 19.8 Å². The number of hydrogen-bond donors (Lipinski definition) is 0. The molecule has 238 valence electrons. The van der Waals surface area contributed by atoms with Crippen LogP contribution >= 0.6 is 59.4 Å². The second-order valence-corrected chi connectivity index (χ2v) is 13.7. The normalized spacial score (nSPS) is 11.5. The Bertz CT molecular complexity index is 2030. The Morgan fingerprint density at radius 3 is 2.48 bits per heavy atom. The number of halogens is 4. The maximum absolute atomic E-state index is 13.9. The van der Waals surface area contributed by atoms with Crippen LogP contribution in [0.15, 0.2) is 84.0 Å². The zero-order chi connectivity index (χ0) is 33.1. The number of fused-ring (bicyclic) bond motifs is 1. The first-order chi connectivity index (χ1) is 22.0. The fourth-order valence-electron chi connectivity index (χ4n) is 4.98. The lowest BCUT2D eigenvalue weighted by molar-refractivity contribution is 0.269. The van der Waals surface area contributed by atoms with Gasteiger partial charge in [0.25, 0.3) is 5.56 Å². The summed E-state index contributed by atoms with van der Waals surface area (Å²) in [6.45, 7) is 8.69. The highest BCUT2D eigenvalue weighted by Gasteiger charge is 2.21. The van der Waals surface area contributed by atoms with E-state index in [-0.39, 0.29) is 18.1 Å². The lowest BCUT2D eigenvalue weighted by Crippen LogP contribution is -2.21. The van der Waals surface area contributed by atoms with Crippen molar-refractivity contribution < 1.29 is 14.2 Å². The highest BCUT2D eigenvalue weighted by Crippen LogP contribution is 2.43. The molecule has 0 aliphatic heterocycles. The predicted octanol–water partition coefficient (Wildman–Crippen LogP) is 10.3. The molecule has 0 atom stereocenters. The Morgan fingerprint density at radius 2 is 1.78 bits per heavy atom. The maximum atomic E-state index is 13.9. The molecular formula is C35H31Br3ClN3O4. The highest BCUT2D eigenvalue weighted by molar-refractivity contribution is 9.11. The molecule has 0 spiro atoms. The van der Waals surface area contributed by atoms with E-state index in [2.05, 4.69) is 61.6 Å². The van der Waals surface area contributed by atoms with Gasteiger partial charge in [-0.15, -0.1) is 0 Å². The smallest absolute Gasteiger partial charge is 0.282 e. The van der Waals surface area contributed by atoms with E-state index < -0.39 is 0 Å². The monoisotopic (exact) mass is 829 g/mol. The quantitative estimate of drug-likeness (QED) is 0.131. The molecule has 1 aromatic heterocycles. The lowest BCUT2D eigenvalue weighted by atomic mass is 9.96. The van der Waals surface area contributed by atoms with Gasteiger partial charge >= 0.3 is 0 Å². The van der Waals surface area contributed by atoms with Crippen LogP contribution in [0, 0.1) is 6.92 Å². The Kier molecular flexibility index (Phi) is 10.9. The first kappa shape index (κ1) is 34.2. The molecule has 0 saturated carbocycles. The van der Waals surface area contributed by atoms with Gasteiger partial charge in [-0.05, 0) is 89.3 Å². The molecule has 0 unspecified atom stereocenters. The second-order valence-electron chi connectivity index (χ2n) is 10.8. The summed E-state index contributed by atoms with van der Waals surface area (Å²) in [5.41, 5.74) is 4.48. The van der Waals surface area contributed by atoms with Crippen molar-refractivity contribution in [2.75, 3.05) is 13.7 Å². The minimum absolute atomic E-state index is 0.180. The van der Waals surface area contributed by atoms with Crippen molar-refractivity contribution in [1.29, 1.82) is 0 Å². The Balaban J connectivity index is 1.63. The summed E-state index contributed by atoms with van der Waals surface area (Å²) in [6, 6.07) is 18.9. The van der Waals surface area contributed by atoms with Gasteiger partial charge < -0.3 is 14.2 Å². The molecule has 5 aromatic rings. The van der Waals surface area contributed by atoms with Gasteiger partial charge in [-0.1, -0.05) is 75.5 Å². The minimum atomic E-state index is -0.301. The van der Waals surface area contributed by atoms with Crippen molar-refractivity contribution in [3.8, 4) is 28.6 Å². The Hall–Kier alpha value is -3.18. The average Bonchev–Trinajstić information content (AvgIpc) is 3.03. The summed E-state index contributed by atoms with van der Waals surface area (Å²) in [4.78, 5) is 18.9. The van der Waals surface area contributed by atoms with Crippen molar-refractivity contribution >= 4 is 76.5 Å². The third-order valence-corrected chi connectivity index (χ3v) is 10.0. The van der Waals surface area contributed by atoms with E-state index in [1.165, 1.54) is 4.68 Å². The number of aryl methyl sites for hydroxylation is 1. The molecule has 11 heteroatoms. The lowest BCUT2D eigenvalue weighted by Gasteiger charge is -2.18. The third-order valence-electron chi connectivity index (χ3n) is 7.35. The summed E-state index contributed by atoms with van der Waals surface area (Å²) in [7, 11) is 1.66. The SMILES string of the molecule is CCOc1cc(C=Nn2c(-c3cc(C(C)C)c(OC)cc3C)nc3ccccc3c2=O)c(Br)c(Cl)c1OCc1ccc(Br)cc1Br. The van der Waals surface area contributed by atoms with E-state index in [0.29, 0.717) is 49.9 Å². The summed E-state index contributed by atoms with van der Waals surface area (Å²) in [6.07, 6.45) is 1.57. The largest absolute Gasteiger partial charge is 0.496 e. The van der Waals surface area contributed by atoms with Crippen LogP contribution in [-0.2, 0) is 6.61 Å². The number of hydrogen-bond acceptors (Lipinski definition) is 6. The molecule has 0 radical (unpaired) electrons. The van der Waals surface area contributed by atoms with Crippen molar-refractivity contribution in [3.63, 3.8) is 0 Å². The molecule has 46 heavy (non-hydrogen) atoms. The summed E-state index contributed by atoms with van der Waals surface area (Å²) < 4.78 is 21.5. The molecule has 0 aliphatic carbocycles. The van der Waals surface area contributed by atoms with Gasteiger partial charge in [-0.2, -0.15) is 9.78 Å². The zero-order valence-corrected chi connectivity index (χ0v) is 31.3. The molecule has 0 saturated heterocycles. The standard InChI is InChI=1S/C35H31Br3ClN3O4/c1-6-45-30-14-22(31(38)32(39)33(30)46-18-21-11-12-23(36)15-27(21)37)17-40-42-34(41-28-10-8-7-9-24(28)35(42)43)26-16-25(19(2)3)29(44-5)13-20(26)4/h7-17,19H,6,18H2,1-5H3. The number of benzene rings is 4. The number of nitrogens with zero attached hydrogens (tertiary/aromatic N) is 3. The highest BCUT2D eigenvalue weighted by atomic mass is 79.9. The first-order valence-corrected chi connectivity index (χ1v) is 17.3. The van der Waals surface area contributed by atoms with E-state index in [1.54, 1.807) is 25.5 Å². The van der Waals surface area contributed by atoms with Gasteiger partial charge in [0.1, 0.15) is 17.4 Å². The van der Waals surface area contributed by atoms with Crippen LogP contribution in [0.3, 0.4) is 0 Å². The van der Waals surface area contributed by atoms with Crippen LogP contribution in [0.25, 0.3) is 22.3 Å². The molecule has 0 bridgehead atoms. The van der Waals surface area contributed by atoms with Gasteiger partial charge in [0.2, 0.25) is 0 Å². The first-order valence-electron chi connectivity index (χ1n) is 14.5. The Morgan fingerprint density at radius 1 is 1.02 bits per heavy atom. The minimum Gasteiger partial charge on any atom is -0.496 e. The molecule has 5 rings (SSSR count). The number of para-hydroxylation sites is 1. The number of aromatic nitrogens is 2. The van der Waals surface area contributed by atoms with Crippen molar-refractivity contribution in [2.24, 2.45) is 5.10 Å². The van der Waals surface area contributed by atoms with Crippen LogP contribution in [0.5, 0.6) is 17.2 Å². The van der Waals surface area contributed by atoms with E-state index in [1.807, 2.05) is 62.4 Å². The number of methoxy groups -OCH3 is 1. The van der Waals surface area contributed by atoms with Gasteiger partial charge in [-0.3, -0.25) is 4.79 Å². The van der Waals surface area contributed by atoms with E-state index in [0.717, 1.165) is 36.9 Å². The molecule has 7 nitrogen and oxygen atoms in total. The van der Waals surface area contributed by atoms with E-state index in [4.69, 9.17) is 35.9 Å². The fraction of sp³-hybridized carbons (Fsp3) is 0.229. The summed E-state index contributed by atoms with van der Waals surface area (Å²) in [5.74, 6) is 2.21. The zero-order valence-electron chi connectivity index (χ0n) is 25.8. The Labute approximate surface area is 297 Å². The summed E-state index contributed by atoms with van der Waals surface area (Å²) >= 11 is 17.5. The fourth-order valence-corrected chi connectivity index (χ4v) is 6.79. The van der Waals surface area contributed by atoms with Crippen LogP contribution in [0.2, 0.25) is 5.02 Å². The molecule has 0 N–H and O–H groups in total. The van der Waals surface area contributed by atoms with Crippen molar-refractivity contribution in [2.45, 2.75) is 40.2 Å². The molecule has 4 aromatic carbocycles. The number of rotatable bonds is 10. The average molecular weight is 833 g/mol. The van der Waals surface area contributed by atoms with Crippen molar-refractivity contribution in [3.05, 3.63) is 112 Å². The molecule has 1 heterocycles. The molecule has 0 aliphatic rings. The van der Waals surface area contributed by atoms with Crippen molar-refractivity contribution in [1.82, 2.24) is 9.66 Å².